The Kier molecular flexibility index (Phi) is 8.23. The number of carbonyl (C=O) groups excluding carboxylic acids is 2. The molecule has 0 heterocycles. The number of anilines is 2. The van der Waals surface area contributed by atoms with E-state index in [-0.39, 0.29) is 11.0 Å². The van der Waals surface area contributed by atoms with E-state index in [1.54, 1.807) is 37.3 Å². The molecule has 2 aromatic carbocycles. The number of nitrogens with one attached hydrogen (secondary N) is 3. The smallest absolute Gasteiger partial charge is 0.261 e. The van der Waals surface area contributed by atoms with Crippen LogP contribution in [0.25, 0.3) is 0 Å². The number of methoxy groups -OCH3 is 1. The minimum Gasteiger partial charge on any atom is -0.495 e. The van der Waals surface area contributed by atoms with Crippen molar-refractivity contribution in [1.82, 2.24) is 5.32 Å². The van der Waals surface area contributed by atoms with Crippen molar-refractivity contribution in [3.63, 3.8) is 0 Å². The molecule has 0 aliphatic heterocycles. The van der Waals surface area contributed by atoms with Gasteiger partial charge in [0.2, 0.25) is 5.91 Å². The highest BCUT2D eigenvalue weighted by Crippen LogP contribution is 2.32. The summed E-state index contributed by atoms with van der Waals surface area (Å²) in [5.74, 6) is -0.204. The van der Waals surface area contributed by atoms with Crippen molar-refractivity contribution in [3.8, 4) is 5.75 Å². The summed E-state index contributed by atoms with van der Waals surface area (Å²) in [4.78, 5) is 24.2. The standard InChI is InChI=1S/C18H16Br2ClN3O3S/c1-3-15(25)22-10-4-5-13(21)14(8-10)23-18(28)24-17(26)11-6-9(19)7-12(20)16(11)27-2/h4-8H,3H2,1-2H3,(H,22,25)(H2,23,24,26,28). The van der Waals surface area contributed by atoms with Crippen LogP contribution in [0.3, 0.4) is 0 Å². The number of halogens is 3. The molecule has 0 saturated carbocycles. The first-order valence-electron chi connectivity index (χ1n) is 8.00. The molecule has 0 atom stereocenters. The molecular formula is C18H16Br2ClN3O3S. The van der Waals surface area contributed by atoms with Gasteiger partial charge in [0, 0.05) is 16.6 Å². The van der Waals surface area contributed by atoms with Gasteiger partial charge in [-0.1, -0.05) is 34.5 Å². The van der Waals surface area contributed by atoms with Gasteiger partial charge >= 0.3 is 0 Å². The molecule has 10 heteroatoms. The van der Waals surface area contributed by atoms with Gasteiger partial charge in [-0.2, -0.15) is 0 Å². The fourth-order valence-corrected chi connectivity index (χ4v) is 3.96. The second-order valence-electron chi connectivity index (χ2n) is 5.47. The highest BCUT2D eigenvalue weighted by Gasteiger charge is 2.18. The topological polar surface area (TPSA) is 79.5 Å². The third kappa shape index (κ3) is 5.91. The average Bonchev–Trinajstić information content (AvgIpc) is 2.63. The molecule has 2 amide bonds. The molecule has 2 rings (SSSR count). The average molecular weight is 550 g/mol. The normalized spacial score (nSPS) is 10.2. The quantitative estimate of drug-likeness (QED) is 0.439. The van der Waals surface area contributed by atoms with Crippen molar-refractivity contribution < 1.29 is 14.3 Å². The summed E-state index contributed by atoms with van der Waals surface area (Å²) in [7, 11) is 1.47. The number of thiocarbonyl (C=S) groups is 1. The maximum absolute atomic E-state index is 12.6. The number of benzene rings is 2. The SMILES string of the molecule is CCC(=O)Nc1ccc(Cl)c(NC(=S)NC(=O)c2cc(Br)cc(Br)c2OC)c1. The number of ether oxygens (including phenoxy) is 1. The summed E-state index contributed by atoms with van der Waals surface area (Å²) < 4.78 is 6.60. The Morgan fingerprint density at radius 2 is 1.89 bits per heavy atom. The monoisotopic (exact) mass is 547 g/mol. The van der Waals surface area contributed by atoms with Gasteiger partial charge < -0.3 is 15.4 Å². The van der Waals surface area contributed by atoms with E-state index in [9.17, 15) is 9.59 Å². The molecule has 0 fully saturated rings. The summed E-state index contributed by atoms with van der Waals surface area (Å²) in [6.45, 7) is 1.75. The molecular weight excluding hydrogens is 534 g/mol. The van der Waals surface area contributed by atoms with Crippen LogP contribution >= 0.6 is 55.7 Å². The summed E-state index contributed by atoms with van der Waals surface area (Å²) >= 11 is 18.1. The maximum Gasteiger partial charge on any atom is 0.261 e. The van der Waals surface area contributed by atoms with Crippen LogP contribution in [0.4, 0.5) is 11.4 Å². The minimum absolute atomic E-state index is 0.0454. The Morgan fingerprint density at radius 1 is 1.18 bits per heavy atom. The van der Waals surface area contributed by atoms with Gasteiger partial charge in [0.05, 0.1) is 27.9 Å². The van der Waals surface area contributed by atoms with Gasteiger partial charge in [0.25, 0.3) is 5.91 Å². The highest BCUT2D eigenvalue weighted by molar-refractivity contribution is 9.11. The minimum atomic E-state index is -0.456. The first-order chi connectivity index (χ1) is 13.2. The van der Waals surface area contributed by atoms with E-state index >= 15 is 0 Å². The van der Waals surface area contributed by atoms with Crippen molar-refractivity contribution in [1.29, 1.82) is 0 Å². The summed E-state index contributed by atoms with van der Waals surface area (Å²) in [6.07, 6.45) is 0.351. The van der Waals surface area contributed by atoms with E-state index in [2.05, 4.69) is 47.8 Å². The molecule has 0 saturated heterocycles. The molecule has 28 heavy (non-hydrogen) atoms. The molecule has 3 N–H and O–H groups in total. The summed E-state index contributed by atoms with van der Waals surface area (Å²) in [5, 5.41) is 8.61. The molecule has 6 nitrogen and oxygen atoms in total. The van der Waals surface area contributed by atoms with Crippen molar-refractivity contribution in [2.75, 3.05) is 17.7 Å². The maximum atomic E-state index is 12.6. The second kappa shape index (κ2) is 10.2. The predicted octanol–water partition coefficient (Wildman–Crippen LogP) is 5.35. The van der Waals surface area contributed by atoms with Crippen molar-refractivity contribution in [3.05, 3.63) is 49.9 Å². The van der Waals surface area contributed by atoms with Gasteiger partial charge in [0.1, 0.15) is 5.75 Å². The van der Waals surface area contributed by atoms with E-state index in [1.807, 2.05) is 0 Å². The largest absolute Gasteiger partial charge is 0.495 e. The zero-order chi connectivity index (χ0) is 20.8. The van der Waals surface area contributed by atoms with Gasteiger partial charge in [-0.05, 0) is 58.5 Å². The van der Waals surface area contributed by atoms with Crippen molar-refractivity contribution >= 4 is 84.0 Å². The number of rotatable bonds is 5. The van der Waals surface area contributed by atoms with E-state index in [1.165, 1.54) is 7.11 Å². The summed E-state index contributed by atoms with van der Waals surface area (Å²) in [5.41, 5.74) is 1.30. The van der Waals surface area contributed by atoms with Gasteiger partial charge in [-0.25, -0.2) is 0 Å². The fraction of sp³-hybridized carbons (Fsp3) is 0.167. The van der Waals surface area contributed by atoms with E-state index in [0.717, 1.165) is 0 Å². The Morgan fingerprint density at radius 3 is 2.54 bits per heavy atom. The van der Waals surface area contributed by atoms with Gasteiger partial charge in [0.15, 0.2) is 5.11 Å². The third-order valence-electron chi connectivity index (χ3n) is 3.50. The molecule has 0 aliphatic carbocycles. The Bertz CT molecular complexity index is 941. The first kappa shape index (κ1) is 22.6. The Hall–Kier alpha value is -1.68. The van der Waals surface area contributed by atoms with Crippen LogP contribution in [0.2, 0.25) is 5.02 Å². The molecule has 0 aliphatic rings. The number of hydrogen-bond donors (Lipinski definition) is 3. The number of hydrogen-bond acceptors (Lipinski definition) is 4. The molecule has 2 aromatic rings. The van der Waals surface area contributed by atoms with E-state index in [0.29, 0.717) is 43.1 Å². The first-order valence-corrected chi connectivity index (χ1v) is 10.4. The van der Waals surface area contributed by atoms with Crippen LogP contribution in [-0.2, 0) is 4.79 Å². The highest BCUT2D eigenvalue weighted by atomic mass is 79.9. The van der Waals surface area contributed by atoms with Crippen LogP contribution in [0.1, 0.15) is 23.7 Å². The zero-order valence-electron chi connectivity index (χ0n) is 14.9. The summed E-state index contributed by atoms with van der Waals surface area (Å²) in [6, 6.07) is 8.31. The fourth-order valence-electron chi connectivity index (χ4n) is 2.21. The van der Waals surface area contributed by atoms with Gasteiger partial charge in [-0.3, -0.25) is 14.9 Å². The Labute approximate surface area is 189 Å². The zero-order valence-corrected chi connectivity index (χ0v) is 19.6. The lowest BCUT2D eigenvalue weighted by Gasteiger charge is -2.14. The molecule has 0 aromatic heterocycles. The molecule has 0 bridgehead atoms. The second-order valence-corrected chi connectivity index (χ2v) is 8.06. The third-order valence-corrected chi connectivity index (χ3v) is 5.08. The van der Waals surface area contributed by atoms with E-state index < -0.39 is 5.91 Å². The molecule has 148 valence electrons. The van der Waals surface area contributed by atoms with Crippen molar-refractivity contribution in [2.45, 2.75) is 13.3 Å². The van der Waals surface area contributed by atoms with E-state index in [4.69, 9.17) is 28.6 Å². The molecule has 0 spiro atoms. The lowest BCUT2D eigenvalue weighted by atomic mass is 10.2. The van der Waals surface area contributed by atoms with Crippen LogP contribution in [-0.4, -0.2) is 24.0 Å². The Balaban J connectivity index is 2.15. The van der Waals surface area contributed by atoms with Crippen LogP contribution in [0.5, 0.6) is 5.75 Å². The van der Waals surface area contributed by atoms with Crippen LogP contribution in [0.15, 0.2) is 39.3 Å². The molecule has 0 radical (unpaired) electrons. The molecule has 0 unspecified atom stereocenters. The predicted molar refractivity (Wildman–Crippen MR) is 122 cm³/mol. The lowest BCUT2D eigenvalue weighted by Crippen LogP contribution is -2.34. The lowest BCUT2D eigenvalue weighted by molar-refractivity contribution is -0.115. The van der Waals surface area contributed by atoms with Gasteiger partial charge in [-0.15, -0.1) is 0 Å². The number of amides is 2. The van der Waals surface area contributed by atoms with Crippen LogP contribution in [0, 0.1) is 0 Å². The van der Waals surface area contributed by atoms with Crippen molar-refractivity contribution in [2.24, 2.45) is 0 Å². The number of carbonyl (C=O) groups is 2. The van der Waals surface area contributed by atoms with Crippen LogP contribution < -0.4 is 20.7 Å².